The molecule has 1 N–H and O–H groups in total. The normalized spacial score (nSPS) is 13.4. The van der Waals surface area contributed by atoms with Crippen LogP contribution in [0.5, 0.6) is 0 Å². The summed E-state index contributed by atoms with van der Waals surface area (Å²) in [7, 11) is 0. The van der Waals surface area contributed by atoms with Crippen molar-refractivity contribution in [2.45, 2.75) is 39.4 Å². The predicted octanol–water partition coefficient (Wildman–Crippen LogP) is 3.31. The Hall–Kier alpha value is -0.970. The van der Waals surface area contributed by atoms with Crippen molar-refractivity contribution in [3.05, 3.63) is 35.6 Å². The van der Waals surface area contributed by atoms with Gasteiger partial charge in [0.1, 0.15) is 5.82 Å². The van der Waals surface area contributed by atoms with Gasteiger partial charge in [-0.2, -0.15) is 0 Å². The molecular weight excluding hydrogens is 257 g/mol. The molecule has 114 valence electrons. The summed E-state index contributed by atoms with van der Waals surface area (Å²) >= 11 is 0. The van der Waals surface area contributed by atoms with E-state index in [-0.39, 0.29) is 17.5 Å². The number of hydrogen-bond donors (Lipinski definition) is 1. The summed E-state index contributed by atoms with van der Waals surface area (Å²) < 4.78 is 24.5. The van der Waals surface area contributed by atoms with Crippen LogP contribution in [0.4, 0.5) is 4.39 Å². The van der Waals surface area contributed by atoms with E-state index in [0.29, 0.717) is 19.8 Å². The van der Waals surface area contributed by atoms with Crippen molar-refractivity contribution in [3.63, 3.8) is 0 Å². The van der Waals surface area contributed by atoms with Gasteiger partial charge in [0.25, 0.3) is 0 Å². The molecule has 20 heavy (non-hydrogen) atoms. The molecule has 0 aliphatic rings. The molecule has 1 rings (SSSR count). The molecule has 3 nitrogen and oxygen atoms in total. The van der Waals surface area contributed by atoms with Crippen LogP contribution >= 0.6 is 0 Å². The number of rotatable bonds is 8. The second-order valence-electron chi connectivity index (χ2n) is 5.68. The fourth-order valence-electron chi connectivity index (χ4n) is 1.76. The van der Waals surface area contributed by atoms with Crippen LogP contribution in [0.2, 0.25) is 0 Å². The van der Waals surface area contributed by atoms with Gasteiger partial charge in [0.15, 0.2) is 0 Å². The molecule has 1 aromatic rings. The quantitative estimate of drug-likeness (QED) is 0.743. The highest BCUT2D eigenvalue weighted by atomic mass is 19.1. The summed E-state index contributed by atoms with van der Waals surface area (Å²) in [4.78, 5) is 0. The van der Waals surface area contributed by atoms with E-state index in [1.807, 2.05) is 27.7 Å². The van der Waals surface area contributed by atoms with Crippen LogP contribution in [0, 0.1) is 5.82 Å². The number of halogens is 1. The molecule has 0 aromatic heterocycles. The molecule has 4 heteroatoms. The maximum atomic E-state index is 13.0. The van der Waals surface area contributed by atoms with Gasteiger partial charge >= 0.3 is 0 Å². The van der Waals surface area contributed by atoms with Gasteiger partial charge in [-0.1, -0.05) is 19.1 Å². The number of ether oxygens (including phenoxy) is 2. The average Bonchev–Trinajstić information content (AvgIpc) is 2.38. The topological polar surface area (TPSA) is 30.5 Å². The van der Waals surface area contributed by atoms with Crippen molar-refractivity contribution in [3.8, 4) is 0 Å². The maximum Gasteiger partial charge on any atom is 0.123 e. The molecule has 0 aliphatic heterocycles. The smallest absolute Gasteiger partial charge is 0.123 e. The van der Waals surface area contributed by atoms with Crippen LogP contribution in [-0.4, -0.2) is 31.9 Å². The Morgan fingerprint density at radius 3 is 2.35 bits per heavy atom. The first kappa shape index (κ1) is 17.1. The zero-order valence-corrected chi connectivity index (χ0v) is 12.9. The lowest BCUT2D eigenvalue weighted by atomic mass is 10.1. The molecule has 0 aliphatic carbocycles. The van der Waals surface area contributed by atoms with Crippen LogP contribution < -0.4 is 5.32 Å². The highest BCUT2D eigenvalue weighted by Gasteiger charge is 2.13. The lowest BCUT2D eigenvalue weighted by Gasteiger charge is -2.22. The number of hydrogen-bond acceptors (Lipinski definition) is 3. The lowest BCUT2D eigenvalue weighted by molar-refractivity contribution is -0.0518. The van der Waals surface area contributed by atoms with Crippen molar-refractivity contribution in [2.24, 2.45) is 0 Å². The van der Waals surface area contributed by atoms with Crippen LogP contribution in [0.15, 0.2) is 24.3 Å². The Balaban J connectivity index is 2.49. The van der Waals surface area contributed by atoms with Crippen molar-refractivity contribution in [1.29, 1.82) is 0 Å². The van der Waals surface area contributed by atoms with Gasteiger partial charge < -0.3 is 14.8 Å². The minimum absolute atomic E-state index is 0.0841. The molecule has 0 heterocycles. The SMILES string of the molecule is CCNCC(OCCOC(C)(C)C)c1ccc(F)cc1. The Morgan fingerprint density at radius 1 is 1.15 bits per heavy atom. The van der Waals surface area contributed by atoms with E-state index in [0.717, 1.165) is 12.1 Å². The Bertz CT molecular complexity index is 373. The standard InChI is InChI=1S/C16H26FNO2/c1-5-18-12-15(13-6-8-14(17)9-7-13)19-10-11-20-16(2,3)4/h6-9,15,18H,5,10-12H2,1-4H3. The van der Waals surface area contributed by atoms with E-state index in [4.69, 9.17) is 9.47 Å². The third kappa shape index (κ3) is 6.98. The molecular formula is C16H26FNO2. The highest BCUT2D eigenvalue weighted by Crippen LogP contribution is 2.17. The molecule has 1 unspecified atom stereocenters. The van der Waals surface area contributed by atoms with Crippen LogP contribution in [0.3, 0.4) is 0 Å². The van der Waals surface area contributed by atoms with Crippen molar-refractivity contribution >= 4 is 0 Å². The van der Waals surface area contributed by atoms with Crippen LogP contribution in [0.1, 0.15) is 39.4 Å². The summed E-state index contributed by atoms with van der Waals surface area (Å²) in [6, 6.07) is 6.45. The molecule has 1 aromatic carbocycles. The minimum Gasteiger partial charge on any atom is -0.373 e. The first-order chi connectivity index (χ1) is 9.42. The van der Waals surface area contributed by atoms with Crippen LogP contribution in [-0.2, 0) is 9.47 Å². The van der Waals surface area contributed by atoms with Gasteiger partial charge in [0.05, 0.1) is 24.9 Å². The van der Waals surface area contributed by atoms with E-state index < -0.39 is 0 Å². The van der Waals surface area contributed by atoms with Gasteiger partial charge in [0.2, 0.25) is 0 Å². The fraction of sp³-hybridized carbons (Fsp3) is 0.625. The largest absolute Gasteiger partial charge is 0.373 e. The molecule has 0 fully saturated rings. The summed E-state index contributed by atoms with van der Waals surface area (Å²) in [5, 5.41) is 3.26. The first-order valence-corrected chi connectivity index (χ1v) is 7.14. The van der Waals surface area contributed by atoms with E-state index in [9.17, 15) is 4.39 Å². The van der Waals surface area contributed by atoms with E-state index in [1.54, 1.807) is 12.1 Å². The fourth-order valence-corrected chi connectivity index (χ4v) is 1.76. The van der Waals surface area contributed by atoms with Gasteiger partial charge in [-0.25, -0.2) is 4.39 Å². The average molecular weight is 283 g/mol. The lowest BCUT2D eigenvalue weighted by Crippen LogP contribution is -2.26. The molecule has 1 atom stereocenters. The number of benzene rings is 1. The summed E-state index contributed by atoms with van der Waals surface area (Å²) in [5.41, 5.74) is 0.819. The van der Waals surface area contributed by atoms with Gasteiger partial charge in [-0.05, 0) is 45.0 Å². The molecule has 0 saturated heterocycles. The number of nitrogens with one attached hydrogen (secondary N) is 1. The van der Waals surface area contributed by atoms with Gasteiger partial charge in [-0.15, -0.1) is 0 Å². The van der Waals surface area contributed by atoms with Gasteiger partial charge in [0, 0.05) is 6.54 Å². The zero-order chi connectivity index (χ0) is 15.0. The van der Waals surface area contributed by atoms with E-state index >= 15 is 0 Å². The summed E-state index contributed by atoms with van der Waals surface area (Å²) in [6.07, 6.45) is -0.0841. The second kappa shape index (κ2) is 8.35. The predicted molar refractivity (Wildman–Crippen MR) is 79.3 cm³/mol. The molecule has 0 amide bonds. The Kier molecular flexibility index (Phi) is 7.13. The van der Waals surface area contributed by atoms with Crippen molar-refractivity contribution in [2.75, 3.05) is 26.3 Å². The summed E-state index contributed by atoms with van der Waals surface area (Å²) in [6.45, 7) is 10.7. The van der Waals surface area contributed by atoms with Crippen molar-refractivity contribution in [1.82, 2.24) is 5.32 Å². The molecule has 0 spiro atoms. The van der Waals surface area contributed by atoms with E-state index in [2.05, 4.69) is 5.32 Å². The van der Waals surface area contributed by atoms with Crippen LogP contribution in [0.25, 0.3) is 0 Å². The Labute approximate surface area is 121 Å². The molecule has 0 bridgehead atoms. The number of likely N-dealkylation sites (N-methyl/N-ethyl adjacent to an activating group) is 1. The maximum absolute atomic E-state index is 13.0. The minimum atomic E-state index is -0.230. The third-order valence-corrected chi connectivity index (χ3v) is 2.76. The first-order valence-electron chi connectivity index (χ1n) is 7.14. The highest BCUT2D eigenvalue weighted by molar-refractivity contribution is 5.19. The second-order valence-corrected chi connectivity index (χ2v) is 5.68. The van der Waals surface area contributed by atoms with E-state index in [1.165, 1.54) is 12.1 Å². The molecule has 0 saturated carbocycles. The monoisotopic (exact) mass is 283 g/mol. The Morgan fingerprint density at radius 2 is 1.80 bits per heavy atom. The third-order valence-electron chi connectivity index (χ3n) is 2.76. The molecule has 0 radical (unpaired) electrons. The zero-order valence-electron chi connectivity index (χ0n) is 12.9. The van der Waals surface area contributed by atoms with Crippen molar-refractivity contribution < 1.29 is 13.9 Å². The summed E-state index contributed by atoms with van der Waals surface area (Å²) in [5.74, 6) is -0.230. The van der Waals surface area contributed by atoms with Gasteiger partial charge in [-0.3, -0.25) is 0 Å².